The summed E-state index contributed by atoms with van der Waals surface area (Å²) in [6.07, 6.45) is 3.52. The summed E-state index contributed by atoms with van der Waals surface area (Å²) in [7, 11) is 1.61. The Kier molecular flexibility index (Phi) is 3.55. The van der Waals surface area contributed by atoms with Crippen molar-refractivity contribution < 1.29 is 4.74 Å². The zero-order chi connectivity index (χ0) is 14.7. The maximum Gasteiger partial charge on any atom is 0.212 e. The molecule has 2 aromatic heterocycles. The molecule has 3 aromatic rings. The Morgan fingerprint density at radius 1 is 1.14 bits per heavy atom. The van der Waals surface area contributed by atoms with Crippen molar-refractivity contribution in [1.29, 1.82) is 0 Å². The molecule has 0 radical (unpaired) electrons. The number of nitrogens with one attached hydrogen (secondary N) is 1. The monoisotopic (exact) mass is 280 g/mol. The molecule has 3 N–H and O–H groups in total. The van der Waals surface area contributed by atoms with Gasteiger partial charge in [-0.05, 0) is 35.2 Å². The van der Waals surface area contributed by atoms with Crippen molar-refractivity contribution in [1.82, 2.24) is 9.97 Å². The summed E-state index contributed by atoms with van der Waals surface area (Å²) in [5.41, 5.74) is 7.97. The van der Waals surface area contributed by atoms with E-state index < -0.39 is 0 Å². The molecule has 0 atom stereocenters. The molecule has 5 heteroatoms. The number of methoxy groups -OCH3 is 1. The first kappa shape index (κ1) is 13.2. The van der Waals surface area contributed by atoms with Gasteiger partial charge in [0.2, 0.25) is 5.88 Å². The first-order chi connectivity index (χ1) is 10.3. The van der Waals surface area contributed by atoms with Crippen molar-refractivity contribution in [3.8, 4) is 5.88 Å². The van der Waals surface area contributed by atoms with E-state index >= 15 is 0 Å². The van der Waals surface area contributed by atoms with Crippen LogP contribution in [0.25, 0.3) is 10.8 Å². The molecule has 0 bridgehead atoms. The van der Waals surface area contributed by atoms with Crippen molar-refractivity contribution >= 4 is 22.3 Å². The molecule has 106 valence electrons. The van der Waals surface area contributed by atoms with Crippen molar-refractivity contribution in [2.45, 2.75) is 6.54 Å². The molecule has 0 spiro atoms. The number of aromatic nitrogens is 2. The van der Waals surface area contributed by atoms with Crippen LogP contribution < -0.4 is 15.8 Å². The van der Waals surface area contributed by atoms with Gasteiger partial charge in [-0.2, -0.15) is 0 Å². The normalized spacial score (nSPS) is 10.5. The zero-order valence-corrected chi connectivity index (χ0v) is 11.7. The van der Waals surface area contributed by atoms with Gasteiger partial charge in [0.05, 0.1) is 7.11 Å². The third-order valence-corrected chi connectivity index (χ3v) is 3.30. The number of pyridine rings is 2. The summed E-state index contributed by atoms with van der Waals surface area (Å²) in [6.45, 7) is 0.697. The molecular formula is C16H16N4O. The number of fused-ring (bicyclic) bond motifs is 1. The molecule has 0 saturated heterocycles. The highest BCUT2D eigenvalue weighted by atomic mass is 16.5. The SMILES string of the molecule is COc1ccc(CNc2ccc3c(N)nccc3c2)cn1. The van der Waals surface area contributed by atoms with Gasteiger partial charge in [-0.15, -0.1) is 0 Å². The molecule has 0 aliphatic heterocycles. The van der Waals surface area contributed by atoms with Gasteiger partial charge in [-0.25, -0.2) is 9.97 Å². The fraction of sp³-hybridized carbons (Fsp3) is 0.125. The Morgan fingerprint density at radius 3 is 2.81 bits per heavy atom. The Morgan fingerprint density at radius 2 is 2.05 bits per heavy atom. The highest BCUT2D eigenvalue weighted by Crippen LogP contribution is 2.22. The first-order valence-corrected chi connectivity index (χ1v) is 6.63. The summed E-state index contributed by atoms with van der Waals surface area (Å²) in [4.78, 5) is 8.27. The lowest BCUT2D eigenvalue weighted by molar-refractivity contribution is 0.397. The summed E-state index contributed by atoms with van der Waals surface area (Å²) in [5, 5.41) is 5.40. The summed E-state index contributed by atoms with van der Waals surface area (Å²) in [6, 6.07) is 11.8. The lowest BCUT2D eigenvalue weighted by atomic mass is 10.1. The van der Waals surface area contributed by atoms with Gasteiger partial charge in [0.1, 0.15) is 5.82 Å². The number of nitrogens with two attached hydrogens (primary N) is 1. The Labute approximate surface area is 122 Å². The second-order valence-corrected chi connectivity index (χ2v) is 4.69. The van der Waals surface area contributed by atoms with Crippen molar-refractivity contribution in [2.75, 3.05) is 18.2 Å². The molecular weight excluding hydrogens is 264 g/mol. The van der Waals surface area contributed by atoms with Crippen LogP contribution in [-0.4, -0.2) is 17.1 Å². The van der Waals surface area contributed by atoms with Gasteiger partial charge < -0.3 is 15.8 Å². The maximum atomic E-state index is 5.85. The van der Waals surface area contributed by atoms with Crippen LogP contribution in [-0.2, 0) is 6.54 Å². The molecule has 3 rings (SSSR count). The van der Waals surface area contributed by atoms with Crippen LogP contribution in [0.1, 0.15) is 5.56 Å². The molecule has 0 unspecified atom stereocenters. The van der Waals surface area contributed by atoms with Gasteiger partial charge in [0.25, 0.3) is 0 Å². The smallest absolute Gasteiger partial charge is 0.212 e. The molecule has 0 aliphatic carbocycles. The largest absolute Gasteiger partial charge is 0.481 e. The van der Waals surface area contributed by atoms with E-state index in [1.54, 1.807) is 19.5 Å². The molecule has 2 heterocycles. The van der Waals surface area contributed by atoms with Gasteiger partial charge in [-0.1, -0.05) is 6.07 Å². The molecule has 0 fully saturated rings. The Hall–Kier alpha value is -2.82. The lowest BCUT2D eigenvalue weighted by Crippen LogP contribution is -2.00. The number of hydrogen-bond acceptors (Lipinski definition) is 5. The van der Waals surface area contributed by atoms with E-state index in [1.165, 1.54) is 0 Å². The summed E-state index contributed by atoms with van der Waals surface area (Å²) in [5.74, 6) is 1.17. The van der Waals surface area contributed by atoms with Crippen LogP contribution >= 0.6 is 0 Å². The van der Waals surface area contributed by atoms with Gasteiger partial charge in [-0.3, -0.25) is 0 Å². The van der Waals surface area contributed by atoms with E-state index in [0.717, 1.165) is 22.0 Å². The standard InChI is InChI=1S/C16H16N4O/c1-21-15-5-2-11(10-20-15)9-19-13-3-4-14-12(8-13)6-7-18-16(14)17/h2-8,10,19H,9H2,1H3,(H2,17,18). The number of nitrogens with zero attached hydrogens (tertiary/aromatic N) is 2. The van der Waals surface area contributed by atoms with Crippen molar-refractivity contribution in [3.05, 3.63) is 54.4 Å². The Bertz CT molecular complexity index is 756. The van der Waals surface area contributed by atoms with Crippen molar-refractivity contribution in [3.63, 3.8) is 0 Å². The Balaban J connectivity index is 1.75. The van der Waals surface area contributed by atoms with E-state index in [2.05, 4.69) is 21.4 Å². The maximum absolute atomic E-state index is 5.85. The molecule has 0 aliphatic rings. The molecule has 1 aromatic carbocycles. The second kappa shape index (κ2) is 5.66. The van der Waals surface area contributed by atoms with Gasteiger partial charge >= 0.3 is 0 Å². The average molecular weight is 280 g/mol. The number of rotatable bonds is 4. The number of nitrogen functional groups attached to an aromatic ring is 1. The van der Waals surface area contributed by atoms with Crippen molar-refractivity contribution in [2.24, 2.45) is 0 Å². The minimum atomic E-state index is 0.554. The molecule has 0 saturated carbocycles. The number of hydrogen-bond donors (Lipinski definition) is 2. The fourth-order valence-corrected chi connectivity index (χ4v) is 2.15. The quantitative estimate of drug-likeness (QED) is 0.768. The van der Waals surface area contributed by atoms with Crippen LogP contribution in [0, 0.1) is 0 Å². The van der Waals surface area contributed by atoms with Crippen LogP contribution in [0.2, 0.25) is 0 Å². The first-order valence-electron chi connectivity index (χ1n) is 6.63. The second-order valence-electron chi connectivity index (χ2n) is 4.69. The summed E-state index contributed by atoms with van der Waals surface area (Å²) < 4.78 is 5.04. The highest BCUT2D eigenvalue weighted by Gasteiger charge is 2.01. The van der Waals surface area contributed by atoms with E-state index in [9.17, 15) is 0 Å². The topological polar surface area (TPSA) is 73.1 Å². The van der Waals surface area contributed by atoms with E-state index in [0.29, 0.717) is 18.2 Å². The fourth-order valence-electron chi connectivity index (χ4n) is 2.15. The zero-order valence-electron chi connectivity index (χ0n) is 11.7. The minimum Gasteiger partial charge on any atom is -0.481 e. The molecule has 21 heavy (non-hydrogen) atoms. The lowest BCUT2D eigenvalue weighted by Gasteiger charge is -2.08. The third kappa shape index (κ3) is 2.86. The van der Waals surface area contributed by atoms with Gasteiger partial charge in [0, 0.05) is 36.1 Å². The number of benzene rings is 1. The summed E-state index contributed by atoms with van der Waals surface area (Å²) >= 11 is 0. The van der Waals surface area contributed by atoms with Crippen LogP contribution in [0.15, 0.2) is 48.8 Å². The number of ether oxygens (including phenoxy) is 1. The van der Waals surface area contributed by atoms with E-state index in [4.69, 9.17) is 10.5 Å². The third-order valence-electron chi connectivity index (χ3n) is 3.30. The molecule has 5 nitrogen and oxygen atoms in total. The highest BCUT2D eigenvalue weighted by molar-refractivity contribution is 5.92. The average Bonchev–Trinajstić information content (AvgIpc) is 2.53. The predicted molar refractivity (Wildman–Crippen MR) is 84.3 cm³/mol. The van der Waals surface area contributed by atoms with Crippen LogP contribution in [0.4, 0.5) is 11.5 Å². The molecule has 0 amide bonds. The van der Waals surface area contributed by atoms with Gasteiger partial charge in [0.15, 0.2) is 0 Å². The minimum absolute atomic E-state index is 0.554. The van der Waals surface area contributed by atoms with E-state index in [-0.39, 0.29) is 0 Å². The van der Waals surface area contributed by atoms with E-state index in [1.807, 2.05) is 30.3 Å². The predicted octanol–water partition coefficient (Wildman–Crippen LogP) is 2.83. The van der Waals surface area contributed by atoms with Crippen LogP contribution in [0.3, 0.4) is 0 Å². The number of anilines is 2. The van der Waals surface area contributed by atoms with Crippen LogP contribution in [0.5, 0.6) is 5.88 Å².